The number of unbranched alkanes of at least 4 members (excludes halogenated alkanes) is 1. The standard InChI is InChI=1S/C22H30N6O/c1-2-3-12-29-18-10-8-17(9-11-18)25-19-13-21(24)27-28-14-20(26-22(19)28)15-4-6-16(23)7-5-15/h8-11,13-16,25H,2-7,12,23H2,1H3,(H2,24,27)/t15-,16-. The molecule has 154 valence electrons. The molecule has 4 rings (SSSR count). The van der Waals surface area contributed by atoms with Gasteiger partial charge in [-0.3, -0.25) is 0 Å². The second-order valence-electron chi connectivity index (χ2n) is 7.88. The Morgan fingerprint density at radius 2 is 1.93 bits per heavy atom. The lowest BCUT2D eigenvalue weighted by atomic mass is 9.85. The van der Waals surface area contributed by atoms with Gasteiger partial charge in [-0.05, 0) is 56.4 Å². The maximum Gasteiger partial charge on any atom is 0.177 e. The zero-order chi connectivity index (χ0) is 20.2. The zero-order valence-corrected chi connectivity index (χ0v) is 17.0. The van der Waals surface area contributed by atoms with Crippen LogP contribution < -0.4 is 21.5 Å². The molecule has 0 radical (unpaired) electrons. The molecule has 1 aromatic carbocycles. The number of nitrogens with zero attached hydrogens (tertiary/aromatic N) is 3. The topological polar surface area (TPSA) is 103 Å². The SMILES string of the molecule is CCCCOc1ccc(Nc2cc(N)nn3cc([C@H]4CC[C@H](N)CC4)nc23)cc1. The van der Waals surface area contributed by atoms with Crippen LogP contribution >= 0.6 is 0 Å². The van der Waals surface area contributed by atoms with E-state index in [1.807, 2.05) is 36.5 Å². The van der Waals surface area contributed by atoms with Crippen LogP contribution in [-0.2, 0) is 0 Å². The highest BCUT2D eigenvalue weighted by Gasteiger charge is 2.23. The molecule has 2 aromatic heterocycles. The highest BCUT2D eigenvalue weighted by Crippen LogP contribution is 2.33. The van der Waals surface area contributed by atoms with Gasteiger partial charge in [-0.2, -0.15) is 0 Å². The summed E-state index contributed by atoms with van der Waals surface area (Å²) in [6, 6.07) is 10.1. The summed E-state index contributed by atoms with van der Waals surface area (Å²) >= 11 is 0. The summed E-state index contributed by atoms with van der Waals surface area (Å²) in [5.41, 5.74) is 15.7. The number of nitrogen functional groups attached to an aromatic ring is 1. The Labute approximate surface area is 171 Å². The van der Waals surface area contributed by atoms with Gasteiger partial charge in [0.25, 0.3) is 0 Å². The van der Waals surface area contributed by atoms with Gasteiger partial charge in [0.05, 0.1) is 24.2 Å². The van der Waals surface area contributed by atoms with Gasteiger partial charge in [-0.15, -0.1) is 5.10 Å². The minimum atomic E-state index is 0.322. The van der Waals surface area contributed by atoms with E-state index in [1.165, 1.54) is 0 Å². The third kappa shape index (κ3) is 4.62. The zero-order valence-electron chi connectivity index (χ0n) is 17.0. The van der Waals surface area contributed by atoms with Gasteiger partial charge >= 0.3 is 0 Å². The second-order valence-corrected chi connectivity index (χ2v) is 7.88. The Morgan fingerprint density at radius 3 is 2.66 bits per heavy atom. The molecule has 29 heavy (non-hydrogen) atoms. The molecule has 7 heteroatoms. The number of fused-ring (bicyclic) bond motifs is 1. The van der Waals surface area contributed by atoms with Crippen LogP contribution in [0.1, 0.15) is 57.1 Å². The highest BCUT2D eigenvalue weighted by molar-refractivity contribution is 5.75. The number of aromatic nitrogens is 3. The van der Waals surface area contributed by atoms with Gasteiger partial charge in [-0.1, -0.05) is 13.3 Å². The Bertz CT molecular complexity index is 944. The lowest BCUT2D eigenvalue weighted by Gasteiger charge is -2.24. The fourth-order valence-electron chi connectivity index (χ4n) is 3.84. The number of ether oxygens (including phenoxy) is 1. The molecule has 0 saturated heterocycles. The Kier molecular flexibility index (Phi) is 5.85. The molecule has 3 aromatic rings. The van der Waals surface area contributed by atoms with Crippen molar-refractivity contribution >= 4 is 22.8 Å². The first-order valence-corrected chi connectivity index (χ1v) is 10.5. The lowest BCUT2D eigenvalue weighted by Crippen LogP contribution is -2.25. The molecule has 0 aliphatic heterocycles. The van der Waals surface area contributed by atoms with E-state index in [1.54, 1.807) is 4.52 Å². The maximum atomic E-state index is 6.05. The fourth-order valence-corrected chi connectivity index (χ4v) is 3.84. The Morgan fingerprint density at radius 1 is 1.17 bits per heavy atom. The molecule has 0 unspecified atom stereocenters. The smallest absolute Gasteiger partial charge is 0.177 e. The number of anilines is 3. The van der Waals surface area contributed by atoms with Gasteiger partial charge in [-0.25, -0.2) is 9.50 Å². The third-order valence-electron chi connectivity index (χ3n) is 5.55. The molecule has 0 atom stereocenters. The van der Waals surface area contributed by atoms with Crippen molar-refractivity contribution in [2.75, 3.05) is 17.7 Å². The average molecular weight is 395 g/mol. The van der Waals surface area contributed by atoms with Crippen LogP contribution in [0, 0.1) is 0 Å². The predicted molar refractivity (Wildman–Crippen MR) is 117 cm³/mol. The van der Waals surface area contributed by atoms with E-state index < -0.39 is 0 Å². The largest absolute Gasteiger partial charge is 0.494 e. The second kappa shape index (κ2) is 8.69. The molecular formula is C22H30N6O. The first-order chi connectivity index (χ1) is 14.1. The number of imidazole rings is 1. The van der Waals surface area contributed by atoms with E-state index in [2.05, 4.69) is 17.3 Å². The minimum Gasteiger partial charge on any atom is -0.494 e. The first-order valence-electron chi connectivity index (χ1n) is 10.5. The first kappa shape index (κ1) is 19.5. The van der Waals surface area contributed by atoms with Crippen molar-refractivity contribution < 1.29 is 4.74 Å². The van der Waals surface area contributed by atoms with Crippen molar-refractivity contribution in [2.45, 2.75) is 57.4 Å². The quantitative estimate of drug-likeness (QED) is 0.518. The van der Waals surface area contributed by atoms with E-state index in [4.69, 9.17) is 21.2 Å². The molecule has 1 fully saturated rings. The average Bonchev–Trinajstić information content (AvgIpc) is 3.14. The molecule has 1 aliphatic rings. The van der Waals surface area contributed by atoms with Crippen LogP contribution in [0.15, 0.2) is 36.5 Å². The predicted octanol–water partition coefficient (Wildman–Crippen LogP) is 4.22. The number of rotatable bonds is 7. The summed E-state index contributed by atoms with van der Waals surface area (Å²) in [5.74, 6) is 1.77. The lowest BCUT2D eigenvalue weighted by molar-refractivity contribution is 0.309. The van der Waals surface area contributed by atoms with Crippen LogP contribution in [0.25, 0.3) is 5.65 Å². The molecule has 5 N–H and O–H groups in total. The Balaban J connectivity index is 1.53. The van der Waals surface area contributed by atoms with Crippen molar-refractivity contribution in [3.63, 3.8) is 0 Å². The summed E-state index contributed by atoms with van der Waals surface area (Å²) in [5, 5.41) is 7.84. The van der Waals surface area contributed by atoms with Gasteiger partial charge in [0.1, 0.15) is 11.6 Å². The van der Waals surface area contributed by atoms with Crippen molar-refractivity contribution in [1.82, 2.24) is 14.6 Å². The van der Waals surface area contributed by atoms with E-state index in [0.717, 1.165) is 73.6 Å². The van der Waals surface area contributed by atoms with E-state index >= 15 is 0 Å². The van der Waals surface area contributed by atoms with Crippen molar-refractivity contribution in [3.05, 3.63) is 42.2 Å². The summed E-state index contributed by atoms with van der Waals surface area (Å²) in [4.78, 5) is 4.88. The normalized spacial score (nSPS) is 19.4. The number of hydrogen-bond acceptors (Lipinski definition) is 6. The Hall–Kier alpha value is -2.80. The molecule has 7 nitrogen and oxygen atoms in total. The van der Waals surface area contributed by atoms with Crippen LogP contribution in [0.5, 0.6) is 5.75 Å². The van der Waals surface area contributed by atoms with Crippen LogP contribution in [0.4, 0.5) is 17.2 Å². The number of nitrogens with one attached hydrogen (secondary N) is 1. The van der Waals surface area contributed by atoms with Gasteiger partial charge in [0, 0.05) is 23.7 Å². The monoisotopic (exact) mass is 394 g/mol. The van der Waals surface area contributed by atoms with E-state index in [9.17, 15) is 0 Å². The van der Waals surface area contributed by atoms with E-state index in [0.29, 0.717) is 17.8 Å². The fraction of sp³-hybridized carbons (Fsp3) is 0.455. The molecule has 0 spiro atoms. The summed E-state index contributed by atoms with van der Waals surface area (Å²) in [6.45, 7) is 2.90. The molecule has 1 saturated carbocycles. The van der Waals surface area contributed by atoms with Gasteiger partial charge in [0.2, 0.25) is 0 Å². The van der Waals surface area contributed by atoms with Crippen molar-refractivity contribution in [3.8, 4) is 5.75 Å². The number of benzene rings is 1. The van der Waals surface area contributed by atoms with Crippen LogP contribution in [-0.4, -0.2) is 27.2 Å². The van der Waals surface area contributed by atoms with Gasteiger partial charge < -0.3 is 21.5 Å². The molecule has 2 heterocycles. The number of nitrogens with two attached hydrogens (primary N) is 2. The molecule has 0 amide bonds. The summed E-state index contributed by atoms with van der Waals surface area (Å²) < 4.78 is 7.52. The van der Waals surface area contributed by atoms with Crippen LogP contribution in [0.3, 0.4) is 0 Å². The number of hydrogen-bond donors (Lipinski definition) is 3. The minimum absolute atomic E-state index is 0.322. The molecule has 0 bridgehead atoms. The molecular weight excluding hydrogens is 364 g/mol. The third-order valence-corrected chi connectivity index (χ3v) is 5.55. The molecule has 1 aliphatic carbocycles. The highest BCUT2D eigenvalue weighted by atomic mass is 16.5. The summed E-state index contributed by atoms with van der Waals surface area (Å²) in [7, 11) is 0. The van der Waals surface area contributed by atoms with Crippen molar-refractivity contribution in [1.29, 1.82) is 0 Å². The van der Waals surface area contributed by atoms with Gasteiger partial charge in [0.15, 0.2) is 5.65 Å². The maximum absolute atomic E-state index is 6.05. The van der Waals surface area contributed by atoms with Crippen LogP contribution in [0.2, 0.25) is 0 Å². The van der Waals surface area contributed by atoms with Crippen molar-refractivity contribution in [2.24, 2.45) is 5.73 Å². The summed E-state index contributed by atoms with van der Waals surface area (Å²) in [6.07, 6.45) is 8.43. The van der Waals surface area contributed by atoms with E-state index in [-0.39, 0.29) is 0 Å².